The summed E-state index contributed by atoms with van der Waals surface area (Å²) >= 11 is 0. The van der Waals surface area contributed by atoms with Crippen molar-refractivity contribution in [2.24, 2.45) is 0 Å². The van der Waals surface area contributed by atoms with Gasteiger partial charge in [0.05, 0.1) is 18.4 Å². The monoisotopic (exact) mass is 337 g/mol. The third kappa shape index (κ3) is 2.40. The third-order valence-electron chi connectivity index (χ3n) is 5.30. The minimum absolute atomic E-state index is 0.0286. The molecule has 8 heteroatoms. The van der Waals surface area contributed by atoms with Crippen LogP contribution in [0.15, 0.2) is 24.9 Å². The Morgan fingerprint density at radius 2 is 2.00 bits per heavy atom. The molecule has 4 heterocycles. The van der Waals surface area contributed by atoms with Crippen LogP contribution >= 0.6 is 0 Å². The quantitative estimate of drug-likeness (QED) is 0.712. The van der Waals surface area contributed by atoms with Crippen LogP contribution in [-0.4, -0.2) is 46.7 Å². The van der Waals surface area contributed by atoms with Crippen LogP contribution < -0.4 is 0 Å². The van der Waals surface area contributed by atoms with Crippen LogP contribution in [-0.2, 0) is 13.1 Å². The fourth-order valence-corrected chi connectivity index (χ4v) is 3.91. The van der Waals surface area contributed by atoms with E-state index in [9.17, 15) is 4.79 Å². The van der Waals surface area contributed by atoms with E-state index in [0.717, 1.165) is 23.5 Å². The number of amides is 1. The van der Waals surface area contributed by atoms with Gasteiger partial charge in [-0.25, -0.2) is 9.97 Å². The minimum atomic E-state index is -0.0286. The molecule has 3 aromatic heterocycles. The first-order chi connectivity index (χ1) is 12.3. The van der Waals surface area contributed by atoms with E-state index in [1.165, 1.54) is 25.7 Å². The molecular formula is C17H19N7O. The Kier molecular flexibility index (Phi) is 3.29. The molecule has 0 spiro atoms. The van der Waals surface area contributed by atoms with Gasteiger partial charge in [0.25, 0.3) is 5.91 Å². The van der Waals surface area contributed by atoms with E-state index in [-0.39, 0.29) is 5.91 Å². The predicted molar refractivity (Wildman–Crippen MR) is 89.8 cm³/mol. The Bertz CT molecular complexity index is 938. The van der Waals surface area contributed by atoms with E-state index in [4.69, 9.17) is 0 Å². The molecule has 0 bridgehead atoms. The van der Waals surface area contributed by atoms with Crippen LogP contribution in [0.25, 0.3) is 11.2 Å². The second kappa shape index (κ2) is 5.65. The zero-order chi connectivity index (χ0) is 16.8. The first kappa shape index (κ1) is 14.6. The number of rotatable bonds is 2. The van der Waals surface area contributed by atoms with Crippen LogP contribution in [0.3, 0.4) is 0 Å². The number of hydrogen-bond donors (Lipinski definition) is 0. The highest BCUT2D eigenvalue weighted by Crippen LogP contribution is 2.31. The van der Waals surface area contributed by atoms with Gasteiger partial charge in [0, 0.05) is 25.3 Å². The highest BCUT2D eigenvalue weighted by atomic mass is 16.2. The van der Waals surface area contributed by atoms with Crippen LogP contribution in [0.2, 0.25) is 0 Å². The molecule has 0 radical (unpaired) electrons. The number of pyridine rings is 1. The largest absolute Gasteiger partial charge is 0.329 e. The number of fused-ring (bicyclic) bond motifs is 2. The summed E-state index contributed by atoms with van der Waals surface area (Å²) < 4.78 is 4.15. The van der Waals surface area contributed by atoms with E-state index < -0.39 is 0 Å². The van der Waals surface area contributed by atoms with Crippen LogP contribution in [0.1, 0.15) is 47.9 Å². The summed E-state index contributed by atoms with van der Waals surface area (Å²) in [5.41, 5.74) is 2.25. The number of carbonyl (C=O) groups excluding carboxylic acids is 1. The van der Waals surface area contributed by atoms with Gasteiger partial charge in [-0.15, -0.1) is 10.2 Å². The molecule has 0 aromatic carbocycles. The lowest BCUT2D eigenvalue weighted by molar-refractivity contribution is 0.0707. The van der Waals surface area contributed by atoms with Gasteiger partial charge < -0.3 is 14.0 Å². The molecule has 1 fully saturated rings. The van der Waals surface area contributed by atoms with E-state index in [0.29, 0.717) is 24.7 Å². The van der Waals surface area contributed by atoms with Gasteiger partial charge in [0.15, 0.2) is 11.5 Å². The third-order valence-corrected chi connectivity index (χ3v) is 5.30. The number of nitrogens with zero attached hydrogens (tertiary/aromatic N) is 7. The van der Waals surface area contributed by atoms with Crippen molar-refractivity contribution in [1.29, 1.82) is 0 Å². The van der Waals surface area contributed by atoms with E-state index in [1.54, 1.807) is 17.4 Å². The van der Waals surface area contributed by atoms with Crippen LogP contribution in [0.5, 0.6) is 0 Å². The van der Waals surface area contributed by atoms with Gasteiger partial charge in [0.2, 0.25) is 0 Å². The summed E-state index contributed by atoms with van der Waals surface area (Å²) in [5.74, 6) is 0.790. The second-order valence-corrected chi connectivity index (χ2v) is 6.82. The van der Waals surface area contributed by atoms with Gasteiger partial charge in [-0.2, -0.15) is 0 Å². The standard InChI is InChI=1S/C17H19N7O/c25-17(22-5-6-23-11-20-21-15(23)9-22)12-7-14-16(18-8-12)24(10-19-14)13-3-1-2-4-13/h7-8,10-11,13H,1-6,9H2. The van der Waals surface area contributed by atoms with Crippen molar-refractivity contribution in [1.82, 2.24) is 34.2 Å². The van der Waals surface area contributed by atoms with Gasteiger partial charge in [0.1, 0.15) is 11.8 Å². The fourth-order valence-electron chi connectivity index (χ4n) is 3.91. The summed E-state index contributed by atoms with van der Waals surface area (Å²) in [6.45, 7) is 1.85. The van der Waals surface area contributed by atoms with Crippen molar-refractivity contribution in [3.8, 4) is 0 Å². The topological polar surface area (TPSA) is 81.7 Å². The van der Waals surface area contributed by atoms with Crippen molar-refractivity contribution >= 4 is 17.1 Å². The number of aromatic nitrogens is 6. The Labute approximate surface area is 144 Å². The summed E-state index contributed by atoms with van der Waals surface area (Å²) in [5, 5.41) is 7.97. The molecule has 0 N–H and O–H groups in total. The van der Waals surface area contributed by atoms with Gasteiger partial charge in [-0.3, -0.25) is 4.79 Å². The van der Waals surface area contributed by atoms with E-state index in [1.807, 2.05) is 17.0 Å². The van der Waals surface area contributed by atoms with Crippen LogP contribution in [0.4, 0.5) is 0 Å². The molecule has 5 rings (SSSR count). The zero-order valence-electron chi connectivity index (χ0n) is 13.9. The van der Waals surface area contributed by atoms with Crippen molar-refractivity contribution in [3.05, 3.63) is 36.3 Å². The molecule has 1 saturated carbocycles. The lowest BCUT2D eigenvalue weighted by atomic mass is 10.2. The average molecular weight is 337 g/mol. The lowest BCUT2D eigenvalue weighted by Gasteiger charge is -2.27. The molecule has 0 atom stereocenters. The SMILES string of the molecule is O=C(c1cnc2c(c1)ncn2C1CCCC1)N1CCn2cnnc2C1. The molecule has 0 unspecified atom stereocenters. The Morgan fingerprint density at radius 1 is 1.12 bits per heavy atom. The molecular weight excluding hydrogens is 318 g/mol. The summed E-state index contributed by atoms with van der Waals surface area (Å²) in [6, 6.07) is 2.35. The highest BCUT2D eigenvalue weighted by molar-refractivity contribution is 5.96. The normalized spacial score (nSPS) is 18.0. The van der Waals surface area contributed by atoms with E-state index in [2.05, 4.69) is 24.7 Å². The number of carbonyl (C=O) groups is 1. The molecule has 25 heavy (non-hydrogen) atoms. The number of hydrogen-bond acceptors (Lipinski definition) is 5. The summed E-state index contributed by atoms with van der Waals surface area (Å²) in [6.07, 6.45) is 10.1. The lowest BCUT2D eigenvalue weighted by Crippen LogP contribution is -2.38. The summed E-state index contributed by atoms with van der Waals surface area (Å²) in [4.78, 5) is 23.7. The Hall–Kier alpha value is -2.77. The van der Waals surface area contributed by atoms with E-state index >= 15 is 0 Å². The zero-order valence-corrected chi connectivity index (χ0v) is 13.9. The maximum absolute atomic E-state index is 12.8. The highest BCUT2D eigenvalue weighted by Gasteiger charge is 2.24. The predicted octanol–water partition coefficient (Wildman–Crippen LogP) is 1.79. The maximum atomic E-state index is 12.8. The van der Waals surface area contributed by atoms with Crippen molar-refractivity contribution in [3.63, 3.8) is 0 Å². The molecule has 8 nitrogen and oxygen atoms in total. The second-order valence-electron chi connectivity index (χ2n) is 6.82. The van der Waals surface area contributed by atoms with Gasteiger partial charge in [-0.1, -0.05) is 12.8 Å². The maximum Gasteiger partial charge on any atom is 0.255 e. The molecule has 0 saturated heterocycles. The molecule has 1 aliphatic carbocycles. The molecule has 2 aliphatic rings. The minimum Gasteiger partial charge on any atom is -0.329 e. The van der Waals surface area contributed by atoms with Gasteiger partial charge in [-0.05, 0) is 18.9 Å². The molecule has 1 amide bonds. The van der Waals surface area contributed by atoms with Crippen molar-refractivity contribution in [2.45, 2.75) is 44.8 Å². The average Bonchev–Trinajstić information content (AvgIpc) is 3.38. The smallest absolute Gasteiger partial charge is 0.255 e. The molecule has 3 aromatic rings. The summed E-state index contributed by atoms with van der Waals surface area (Å²) in [7, 11) is 0. The number of imidazole rings is 1. The van der Waals surface area contributed by atoms with Gasteiger partial charge >= 0.3 is 0 Å². The van der Waals surface area contributed by atoms with Crippen LogP contribution in [0, 0.1) is 0 Å². The molecule has 1 aliphatic heterocycles. The fraction of sp³-hybridized carbons (Fsp3) is 0.471. The Balaban J connectivity index is 1.42. The first-order valence-corrected chi connectivity index (χ1v) is 8.78. The molecule has 128 valence electrons. The van der Waals surface area contributed by atoms with Crippen molar-refractivity contribution < 1.29 is 4.79 Å². The first-order valence-electron chi connectivity index (χ1n) is 8.78. The Morgan fingerprint density at radius 3 is 2.88 bits per heavy atom. The van der Waals surface area contributed by atoms with Crippen molar-refractivity contribution in [2.75, 3.05) is 6.54 Å².